The number of alkyl halides is 3. The van der Waals surface area contributed by atoms with E-state index >= 15 is 0 Å². The van der Waals surface area contributed by atoms with Gasteiger partial charge in [-0.15, -0.1) is 0 Å². The van der Waals surface area contributed by atoms with Crippen LogP contribution in [0.3, 0.4) is 0 Å². The molecule has 41 heavy (non-hydrogen) atoms. The Balaban J connectivity index is 1.62. The number of hydrogen-bond acceptors (Lipinski definition) is 8. The van der Waals surface area contributed by atoms with Gasteiger partial charge in [-0.05, 0) is 31.7 Å². The van der Waals surface area contributed by atoms with Crippen molar-refractivity contribution in [3.05, 3.63) is 52.4 Å². The Labute approximate surface area is 233 Å². The van der Waals surface area contributed by atoms with E-state index in [1.807, 2.05) is 6.92 Å². The maximum atomic E-state index is 13.5. The van der Waals surface area contributed by atoms with Gasteiger partial charge in [0, 0.05) is 38.8 Å². The smallest absolute Gasteiger partial charge is 0.416 e. The van der Waals surface area contributed by atoms with Crippen LogP contribution in [-0.4, -0.2) is 81.7 Å². The number of halogens is 3. The number of aromatic amines is 1. The highest BCUT2D eigenvalue weighted by Crippen LogP contribution is 2.34. The van der Waals surface area contributed by atoms with E-state index < -0.39 is 27.3 Å². The van der Waals surface area contributed by atoms with Gasteiger partial charge in [0.2, 0.25) is 15.9 Å². The number of aryl methyl sites for hydroxylation is 1. The first-order chi connectivity index (χ1) is 19.4. The lowest BCUT2D eigenvalue weighted by molar-refractivity contribution is -0.137. The van der Waals surface area contributed by atoms with Crippen LogP contribution in [0.4, 0.5) is 13.2 Å². The second kappa shape index (κ2) is 10.9. The maximum Gasteiger partial charge on any atom is 0.416 e. The number of sulfonamides is 1. The molecule has 0 spiro atoms. The molecule has 4 aromatic rings. The third-order valence-electron chi connectivity index (χ3n) is 6.96. The Morgan fingerprint density at radius 3 is 2.34 bits per heavy atom. The van der Waals surface area contributed by atoms with E-state index in [2.05, 4.69) is 25.0 Å². The van der Waals surface area contributed by atoms with Crippen molar-refractivity contribution in [2.75, 3.05) is 39.3 Å². The second-order valence-corrected chi connectivity index (χ2v) is 11.4. The van der Waals surface area contributed by atoms with Gasteiger partial charge in [-0.1, -0.05) is 19.1 Å². The first-order valence-corrected chi connectivity index (χ1v) is 14.4. The summed E-state index contributed by atoms with van der Waals surface area (Å²) in [6, 6.07) is 5.79. The molecule has 0 saturated carbocycles. The normalized spacial score (nSPS) is 15.5. The molecule has 4 heterocycles. The molecule has 5 rings (SSSR count). The summed E-state index contributed by atoms with van der Waals surface area (Å²) in [5.74, 6) is 0.0391. The van der Waals surface area contributed by atoms with Crippen LogP contribution in [0.2, 0.25) is 0 Å². The molecule has 3 aromatic heterocycles. The van der Waals surface area contributed by atoms with Crippen LogP contribution in [0.1, 0.15) is 19.4 Å². The number of hydrogen-bond donors (Lipinski definition) is 1. The summed E-state index contributed by atoms with van der Waals surface area (Å²) in [5.41, 5.74) is -0.540. The van der Waals surface area contributed by atoms with Crippen LogP contribution >= 0.6 is 0 Å². The first kappa shape index (κ1) is 28.7. The van der Waals surface area contributed by atoms with Gasteiger partial charge >= 0.3 is 6.18 Å². The molecule has 0 unspecified atom stereocenters. The molecular formula is C26H28F3N7O4S. The van der Waals surface area contributed by atoms with Crippen molar-refractivity contribution in [2.45, 2.75) is 24.9 Å². The summed E-state index contributed by atoms with van der Waals surface area (Å²) in [6.45, 7) is 6.64. The number of pyridine rings is 1. The van der Waals surface area contributed by atoms with E-state index in [4.69, 9.17) is 4.74 Å². The molecule has 0 amide bonds. The van der Waals surface area contributed by atoms with Crippen LogP contribution in [0.5, 0.6) is 5.88 Å². The monoisotopic (exact) mass is 591 g/mol. The highest BCUT2D eigenvalue weighted by Gasteiger charge is 2.31. The highest BCUT2D eigenvalue weighted by molar-refractivity contribution is 7.89. The molecule has 1 saturated heterocycles. The number of benzene rings is 1. The molecule has 1 aliphatic rings. The van der Waals surface area contributed by atoms with Gasteiger partial charge in [0.15, 0.2) is 5.52 Å². The van der Waals surface area contributed by atoms with Crippen molar-refractivity contribution in [1.82, 2.24) is 33.9 Å². The summed E-state index contributed by atoms with van der Waals surface area (Å²) >= 11 is 0. The summed E-state index contributed by atoms with van der Waals surface area (Å²) in [7, 11) is -2.36. The van der Waals surface area contributed by atoms with Crippen molar-refractivity contribution >= 4 is 21.1 Å². The summed E-state index contributed by atoms with van der Waals surface area (Å²) in [5, 5.41) is 4.22. The van der Waals surface area contributed by atoms with Crippen LogP contribution in [0.25, 0.3) is 33.7 Å². The number of ether oxygens (including phenoxy) is 1. The van der Waals surface area contributed by atoms with Gasteiger partial charge in [-0.3, -0.25) is 9.48 Å². The summed E-state index contributed by atoms with van der Waals surface area (Å²) in [6.07, 6.45) is -3.29. The lowest BCUT2D eigenvalue weighted by Crippen LogP contribution is -2.48. The van der Waals surface area contributed by atoms with Crippen molar-refractivity contribution in [3.8, 4) is 28.5 Å². The topological polar surface area (TPSA) is 126 Å². The number of rotatable bonds is 7. The fourth-order valence-electron chi connectivity index (χ4n) is 4.78. The summed E-state index contributed by atoms with van der Waals surface area (Å²) in [4.78, 5) is 26.6. The Bertz CT molecular complexity index is 1740. The molecular weight excluding hydrogens is 563 g/mol. The molecule has 1 aliphatic heterocycles. The minimum absolute atomic E-state index is 0.0209. The van der Waals surface area contributed by atoms with Gasteiger partial charge in [0.1, 0.15) is 16.2 Å². The third kappa shape index (κ3) is 5.44. The minimum atomic E-state index is -4.51. The third-order valence-corrected chi connectivity index (χ3v) is 8.82. The van der Waals surface area contributed by atoms with E-state index in [0.717, 1.165) is 18.7 Å². The van der Waals surface area contributed by atoms with E-state index in [0.29, 0.717) is 37.4 Å². The van der Waals surface area contributed by atoms with Gasteiger partial charge < -0.3 is 14.6 Å². The highest BCUT2D eigenvalue weighted by atomic mass is 32.2. The van der Waals surface area contributed by atoms with Crippen molar-refractivity contribution < 1.29 is 26.3 Å². The molecule has 0 radical (unpaired) electrons. The van der Waals surface area contributed by atoms with Crippen LogP contribution in [-0.2, 0) is 23.2 Å². The number of likely N-dealkylation sites (N-methyl/N-ethyl adjacent to an activating group) is 1. The van der Waals surface area contributed by atoms with Crippen molar-refractivity contribution in [1.29, 1.82) is 0 Å². The van der Waals surface area contributed by atoms with Gasteiger partial charge in [-0.2, -0.15) is 22.6 Å². The lowest BCUT2D eigenvalue weighted by atomic mass is 10.1. The average molecular weight is 592 g/mol. The van der Waals surface area contributed by atoms with Crippen molar-refractivity contribution in [2.24, 2.45) is 7.05 Å². The average Bonchev–Trinajstić information content (AvgIpc) is 3.29. The van der Waals surface area contributed by atoms with Crippen molar-refractivity contribution in [3.63, 3.8) is 0 Å². The minimum Gasteiger partial charge on any atom is -0.477 e. The molecule has 1 aromatic carbocycles. The maximum absolute atomic E-state index is 13.5. The van der Waals surface area contributed by atoms with Crippen LogP contribution in [0, 0.1) is 0 Å². The zero-order chi connectivity index (χ0) is 29.5. The molecule has 11 nitrogen and oxygen atoms in total. The molecule has 0 aliphatic carbocycles. The Morgan fingerprint density at radius 1 is 1.05 bits per heavy atom. The number of aromatic nitrogens is 5. The number of nitrogens with zero attached hydrogens (tertiary/aromatic N) is 6. The number of H-pyrrole nitrogens is 1. The van der Waals surface area contributed by atoms with E-state index in [1.54, 1.807) is 14.0 Å². The molecule has 1 N–H and O–H groups in total. The zero-order valence-electron chi connectivity index (χ0n) is 22.6. The Hall–Kier alpha value is -3.82. The molecule has 0 bridgehead atoms. The number of piperazine rings is 1. The molecule has 1 fully saturated rings. The zero-order valence-corrected chi connectivity index (χ0v) is 23.4. The van der Waals surface area contributed by atoms with Gasteiger partial charge in [0.25, 0.3) is 5.56 Å². The molecule has 15 heteroatoms. The molecule has 218 valence electrons. The quantitative estimate of drug-likeness (QED) is 0.348. The largest absolute Gasteiger partial charge is 0.477 e. The van der Waals surface area contributed by atoms with E-state index in [-0.39, 0.29) is 39.8 Å². The van der Waals surface area contributed by atoms with E-state index in [9.17, 15) is 26.4 Å². The second-order valence-electron chi connectivity index (χ2n) is 9.45. The first-order valence-electron chi connectivity index (χ1n) is 12.9. The fourth-order valence-corrected chi connectivity index (χ4v) is 6.17. The number of nitrogens with one attached hydrogen (secondary N) is 1. The standard InChI is InChI=1S/C26H28F3N7O4S/c1-4-35-10-12-36(13-11-35)41(38,39)18-14-19(25(30-15-18)40-5-2)23-31-20-21(24(37)32-23)33-34(3)22(20)16-6-8-17(9-7-16)26(27,28)29/h6-9,14-15H,4-5,10-13H2,1-3H3,(H,31,32,37). The fraction of sp³-hybridized carbons (Fsp3) is 0.385. The number of fused-ring (bicyclic) bond motifs is 1. The Kier molecular flexibility index (Phi) is 7.61. The van der Waals surface area contributed by atoms with Crippen LogP contribution in [0.15, 0.2) is 46.2 Å². The predicted molar refractivity (Wildman–Crippen MR) is 145 cm³/mol. The SMILES string of the molecule is CCOc1ncc(S(=O)(=O)N2CCN(CC)CC2)cc1-c1nc2c(-c3ccc(C(F)(F)F)cc3)n(C)nc2c(=O)[nH]1. The van der Waals surface area contributed by atoms with Gasteiger partial charge in [0.05, 0.1) is 29.6 Å². The van der Waals surface area contributed by atoms with E-state index in [1.165, 1.54) is 33.4 Å². The predicted octanol–water partition coefficient (Wildman–Crippen LogP) is 3.13. The summed E-state index contributed by atoms with van der Waals surface area (Å²) < 4.78 is 74.7. The Morgan fingerprint density at radius 2 is 1.73 bits per heavy atom. The van der Waals surface area contributed by atoms with Crippen LogP contribution < -0.4 is 10.3 Å². The molecule has 0 atom stereocenters. The lowest BCUT2D eigenvalue weighted by Gasteiger charge is -2.33. The van der Waals surface area contributed by atoms with Gasteiger partial charge in [-0.25, -0.2) is 18.4 Å².